The maximum Gasteiger partial charge on any atom is 0.431 e. The summed E-state index contributed by atoms with van der Waals surface area (Å²) < 4.78 is 16.0. The van der Waals surface area contributed by atoms with Crippen LogP contribution in [-0.2, 0) is 8.85 Å². The third-order valence-electron chi connectivity index (χ3n) is 6.22. The van der Waals surface area contributed by atoms with E-state index in [2.05, 4.69) is 18.4 Å². The van der Waals surface area contributed by atoms with Crippen LogP contribution in [-0.4, -0.2) is 39.1 Å². The molecule has 2 saturated carbocycles. The van der Waals surface area contributed by atoms with E-state index < -0.39 is 8.72 Å². The van der Waals surface area contributed by atoms with E-state index in [0.717, 1.165) is 25.2 Å². The standard InChI is InChI=1S/C18H35NO2Si/c1-3-20-22(21-4-2,17-12-6-7-13-17)19-15-9-11-16-10-5-8-14-18(16)19/h16-18H,3-15H2,1-2H3. The van der Waals surface area contributed by atoms with E-state index in [-0.39, 0.29) is 0 Å². The van der Waals surface area contributed by atoms with E-state index in [1.54, 1.807) is 0 Å². The highest BCUT2D eigenvalue weighted by Gasteiger charge is 2.56. The van der Waals surface area contributed by atoms with Gasteiger partial charge in [-0.2, -0.15) is 0 Å². The van der Waals surface area contributed by atoms with Gasteiger partial charge in [0.15, 0.2) is 0 Å². The van der Waals surface area contributed by atoms with Gasteiger partial charge in [-0.15, -0.1) is 0 Å². The molecule has 1 heterocycles. The minimum Gasteiger partial charge on any atom is -0.383 e. The number of nitrogens with zero attached hydrogens (tertiary/aromatic N) is 1. The summed E-state index contributed by atoms with van der Waals surface area (Å²) in [5, 5.41) is 0. The van der Waals surface area contributed by atoms with Crippen molar-refractivity contribution in [3.05, 3.63) is 0 Å². The number of rotatable bonds is 6. The van der Waals surface area contributed by atoms with E-state index in [1.165, 1.54) is 70.8 Å². The topological polar surface area (TPSA) is 21.7 Å². The second-order valence-corrected chi connectivity index (χ2v) is 10.7. The Morgan fingerprint density at radius 1 is 0.818 bits per heavy atom. The molecule has 0 amide bonds. The van der Waals surface area contributed by atoms with Gasteiger partial charge in [-0.3, -0.25) is 4.57 Å². The Labute approximate surface area is 138 Å². The molecular weight excluding hydrogens is 290 g/mol. The van der Waals surface area contributed by atoms with Crippen molar-refractivity contribution in [2.24, 2.45) is 5.92 Å². The molecule has 0 aromatic heterocycles. The molecule has 4 heteroatoms. The van der Waals surface area contributed by atoms with Crippen molar-refractivity contribution in [3.8, 4) is 0 Å². The average molecular weight is 326 g/mol. The Morgan fingerprint density at radius 3 is 2.09 bits per heavy atom. The summed E-state index contributed by atoms with van der Waals surface area (Å²) in [4.78, 5) is 0. The predicted molar refractivity (Wildman–Crippen MR) is 92.9 cm³/mol. The second-order valence-electron chi connectivity index (χ2n) is 7.43. The van der Waals surface area contributed by atoms with Crippen LogP contribution in [0.4, 0.5) is 0 Å². The van der Waals surface area contributed by atoms with Gasteiger partial charge < -0.3 is 8.85 Å². The summed E-state index contributed by atoms with van der Waals surface area (Å²) in [6.07, 6.45) is 13.9. The fourth-order valence-electron chi connectivity index (χ4n) is 5.39. The van der Waals surface area contributed by atoms with Gasteiger partial charge >= 0.3 is 8.72 Å². The SMILES string of the molecule is CCO[Si](OCC)(C1CCCC1)N1CCCC2CCCCC21. The van der Waals surface area contributed by atoms with Crippen LogP contribution in [0.2, 0.25) is 5.54 Å². The van der Waals surface area contributed by atoms with Crippen LogP contribution in [0.3, 0.4) is 0 Å². The minimum atomic E-state index is -2.24. The van der Waals surface area contributed by atoms with Crippen molar-refractivity contribution < 1.29 is 8.85 Å². The van der Waals surface area contributed by atoms with Gasteiger partial charge in [-0.1, -0.05) is 25.7 Å². The predicted octanol–water partition coefficient (Wildman–Crippen LogP) is 4.60. The molecule has 1 aliphatic heterocycles. The van der Waals surface area contributed by atoms with Gasteiger partial charge in [0.2, 0.25) is 0 Å². The zero-order chi connectivity index (χ0) is 15.4. The van der Waals surface area contributed by atoms with Gasteiger partial charge in [0.05, 0.1) is 0 Å². The molecule has 128 valence electrons. The van der Waals surface area contributed by atoms with Crippen LogP contribution in [0.1, 0.15) is 78.1 Å². The summed E-state index contributed by atoms with van der Waals surface area (Å²) in [5.74, 6) is 0.914. The van der Waals surface area contributed by atoms with Gasteiger partial charge in [-0.25, -0.2) is 0 Å². The van der Waals surface area contributed by atoms with Gasteiger partial charge in [0.1, 0.15) is 0 Å². The average Bonchev–Trinajstić information content (AvgIpc) is 3.09. The van der Waals surface area contributed by atoms with E-state index in [1.807, 2.05) is 0 Å². The summed E-state index contributed by atoms with van der Waals surface area (Å²) >= 11 is 0. The number of piperidine rings is 1. The number of fused-ring (bicyclic) bond motifs is 1. The summed E-state index contributed by atoms with van der Waals surface area (Å²) in [5.41, 5.74) is 0.702. The number of hydrogen-bond donors (Lipinski definition) is 0. The largest absolute Gasteiger partial charge is 0.431 e. The molecular formula is C18H35NO2Si. The van der Waals surface area contributed by atoms with E-state index in [9.17, 15) is 0 Å². The summed E-state index contributed by atoms with van der Waals surface area (Å²) in [6, 6.07) is 0.757. The van der Waals surface area contributed by atoms with Crippen molar-refractivity contribution >= 4 is 8.72 Å². The molecule has 3 nitrogen and oxygen atoms in total. The van der Waals surface area contributed by atoms with Crippen LogP contribution < -0.4 is 0 Å². The van der Waals surface area contributed by atoms with Crippen molar-refractivity contribution in [3.63, 3.8) is 0 Å². The Hall–Kier alpha value is 0.0969. The lowest BCUT2D eigenvalue weighted by atomic mass is 9.79. The maximum atomic E-state index is 6.59. The van der Waals surface area contributed by atoms with Gasteiger partial charge in [0.25, 0.3) is 0 Å². The lowest BCUT2D eigenvalue weighted by molar-refractivity contribution is 0.0380. The smallest absolute Gasteiger partial charge is 0.383 e. The highest BCUT2D eigenvalue weighted by Crippen LogP contribution is 2.46. The van der Waals surface area contributed by atoms with Crippen molar-refractivity contribution in [1.29, 1.82) is 0 Å². The zero-order valence-electron chi connectivity index (χ0n) is 14.7. The summed E-state index contributed by atoms with van der Waals surface area (Å²) in [6.45, 7) is 7.19. The Kier molecular flexibility index (Phi) is 5.99. The monoisotopic (exact) mass is 325 g/mol. The highest BCUT2D eigenvalue weighted by atomic mass is 28.4. The minimum absolute atomic E-state index is 0.702. The molecule has 0 spiro atoms. The first kappa shape index (κ1) is 16.9. The highest BCUT2D eigenvalue weighted by molar-refractivity contribution is 6.66. The van der Waals surface area contributed by atoms with Crippen molar-refractivity contribution in [2.45, 2.75) is 89.6 Å². The lowest BCUT2D eigenvalue weighted by Gasteiger charge is -2.52. The third kappa shape index (κ3) is 3.17. The van der Waals surface area contributed by atoms with Gasteiger partial charge in [-0.05, 0) is 64.8 Å². The van der Waals surface area contributed by atoms with Gasteiger partial charge in [0, 0.05) is 24.8 Å². The van der Waals surface area contributed by atoms with Crippen LogP contribution >= 0.6 is 0 Å². The molecule has 2 aliphatic carbocycles. The molecule has 2 unspecified atom stereocenters. The molecule has 22 heavy (non-hydrogen) atoms. The molecule has 1 saturated heterocycles. The van der Waals surface area contributed by atoms with Crippen molar-refractivity contribution in [2.75, 3.05) is 19.8 Å². The van der Waals surface area contributed by atoms with Crippen LogP contribution in [0.15, 0.2) is 0 Å². The van der Waals surface area contributed by atoms with E-state index >= 15 is 0 Å². The Balaban J connectivity index is 1.88. The molecule has 3 fully saturated rings. The lowest BCUT2D eigenvalue weighted by Crippen LogP contribution is -2.67. The number of hydrogen-bond acceptors (Lipinski definition) is 3. The normalized spacial score (nSPS) is 31.4. The first-order valence-corrected chi connectivity index (χ1v) is 11.7. The van der Waals surface area contributed by atoms with Crippen LogP contribution in [0.5, 0.6) is 0 Å². The third-order valence-corrected chi connectivity index (χ3v) is 10.6. The maximum absolute atomic E-state index is 6.59. The van der Waals surface area contributed by atoms with E-state index in [4.69, 9.17) is 8.85 Å². The zero-order valence-corrected chi connectivity index (χ0v) is 15.7. The summed E-state index contributed by atoms with van der Waals surface area (Å²) in [7, 11) is -2.24. The van der Waals surface area contributed by atoms with Crippen LogP contribution in [0.25, 0.3) is 0 Å². The van der Waals surface area contributed by atoms with E-state index in [0.29, 0.717) is 5.54 Å². The molecule has 2 atom stereocenters. The molecule has 0 bridgehead atoms. The molecule has 3 aliphatic rings. The molecule has 0 N–H and O–H groups in total. The molecule has 0 aromatic carbocycles. The Morgan fingerprint density at radius 2 is 1.41 bits per heavy atom. The quantitative estimate of drug-likeness (QED) is 0.666. The fraction of sp³-hybridized carbons (Fsp3) is 1.00. The van der Waals surface area contributed by atoms with Crippen molar-refractivity contribution in [1.82, 2.24) is 4.57 Å². The Bertz CT molecular complexity index is 338. The first-order valence-electron chi connectivity index (χ1n) is 9.86. The molecule has 3 rings (SSSR count). The second kappa shape index (κ2) is 7.78. The van der Waals surface area contributed by atoms with Crippen LogP contribution in [0, 0.1) is 5.92 Å². The molecule has 0 radical (unpaired) electrons. The first-order chi connectivity index (χ1) is 10.8. The molecule has 0 aromatic rings. The fourth-order valence-corrected chi connectivity index (χ4v) is 9.99.